The number of imidazole rings is 1. The second-order valence-electron chi connectivity index (χ2n) is 4.84. The van der Waals surface area contributed by atoms with Crippen molar-refractivity contribution in [3.63, 3.8) is 0 Å². The molecule has 0 aliphatic heterocycles. The summed E-state index contributed by atoms with van der Waals surface area (Å²) in [5, 5.41) is 9.10. The Labute approximate surface area is 127 Å². The Morgan fingerprint density at radius 2 is 1.95 bits per heavy atom. The van der Waals surface area contributed by atoms with Crippen LogP contribution in [0.2, 0.25) is 0 Å². The monoisotopic (exact) mass is 338 g/mol. The van der Waals surface area contributed by atoms with Gasteiger partial charge in [-0.25, -0.2) is 4.98 Å². The van der Waals surface area contributed by atoms with Gasteiger partial charge in [-0.1, -0.05) is 0 Å². The fourth-order valence-electron chi connectivity index (χ4n) is 2.16. The lowest BCUT2D eigenvalue weighted by Crippen LogP contribution is -2.00. The van der Waals surface area contributed by atoms with Gasteiger partial charge in [0.15, 0.2) is 0 Å². The smallest absolute Gasteiger partial charge is 0.128 e. The van der Waals surface area contributed by atoms with Crippen LogP contribution >= 0.6 is 15.9 Å². The largest absolute Gasteiger partial charge is 0.496 e. The maximum Gasteiger partial charge on any atom is 0.128 e. The number of methoxy groups -OCH3 is 1. The molecule has 108 valence electrons. The third-order valence-corrected chi connectivity index (χ3v) is 4.43. The van der Waals surface area contributed by atoms with Gasteiger partial charge in [0.2, 0.25) is 0 Å². The number of aliphatic hydroxyl groups is 1. The lowest BCUT2D eigenvalue weighted by atomic mass is 10.0. The van der Waals surface area contributed by atoms with Crippen LogP contribution in [0.1, 0.15) is 17.0 Å². The number of ether oxygens (including phenoxy) is 1. The average molecular weight is 339 g/mol. The molecule has 0 aliphatic rings. The number of hydrogen-bond acceptors (Lipinski definition) is 3. The van der Waals surface area contributed by atoms with Gasteiger partial charge in [0.25, 0.3) is 0 Å². The molecule has 0 radical (unpaired) electrons. The number of nitrogens with zero attached hydrogens (tertiary/aromatic N) is 2. The Morgan fingerprint density at radius 3 is 2.55 bits per heavy atom. The molecule has 0 atom stereocenters. The van der Waals surface area contributed by atoms with Crippen molar-refractivity contribution in [1.29, 1.82) is 0 Å². The number of benzene rings is 1. The topological polar surface area (TPSA) is 47.3 Å². The molecule has 0 bridgehead atoms. The van der Waals surface area contributed by atoms with Crippen molar-refractivity contribution >= 4 is 15.9 Å². The number of aliphatic hydroxyl groups excluding tert-OH is 1. The Bertz CT molecular complexity index is 635. The van der Waals surface area contributed by atoms with Gasteiger partial charge in [-0.05, 0) is 53.0 Å². The highest BCUT2D eigenvalue weighted by Gasteiger charge is 2.18. The summed E-state index contributed by atoms with van der Waals surface area (Å²) >= 11 is 3.58. The second-order valence-corrected chi connectivity index (χ2v) is 5.59. The Balaban J connectivity index is 2.62. The minimum Gasteiger partial charge on any atom is -0.496 e. The molecule has 1 heterocycles. The van der Waals surface area contributed by atoms with E-state index in [-0.39, 0.29) is 6.61 Å². The molecule has 20 heavy (non-hydrogen) atoms. The van der Waals surface area contributed by atoms with Crippen LogP contribution in [-0.4, -0.2) is 28.4 Å². The summed E-state index contributed by atoms with van der Waals surface area (Å²) in [5.41, 5.74) is 4.19. The van der Waals surface area contributed by atoms with Crippen LogP contribution in [0.25, 0.3) is 11.3 Å². The summed E-state index contributed by atoms with van der Waals surface area (Å²) in [4.78, 5) is 4.62. The number of halogens is 1. The van der Waals surface area contributed by atoms with Gasteiger partial charge in [-0.15, -0.1) is 0 Å². The molecule has 0 aliphatic carbocycles. The highest BCUT2D eigenvalue weighted by atomic mass is 79.9. The van der Waals surface area contributed by atoms with Crippen molar-refractivity contribution in [2.75, 3.05) is 13.7 Å². The van der Waals surface area contributed by atoms with E-state index in [0.29, 0.717) is 6.42 Å². The van der Waals surface area contributed by atoms with Crippen molar-refractivity contribution in [3.8, 4) is 17.0 Å². The van der Waals surface area contributed by atoms with Crippen LogP contribution < -0.4 is 4.74 Å². The highest BCUT2D eigenvalue weighted by Crippen LogP contribution is 2.36. The van der Waals surface area contributed by atoms with Crippen LogP contribution in [0.15, 0.2) is 16.7 Å². The molecule has 0 unspecified atom stereocenters. The standard InChI is InChI=1S/C15H19BrN2O2/c1-9-7-11(12(20-4)8-10(9)2)14-15(16)18(3)13(17-14)5-6-19/h7-8,19H,5-6H2,1-4H3. The molecule has 2 aromatic rings. The first-order chi connectivity index (χ1) is 9.49. The average Bonchev–Trinajstić information content (AvgIpc) is 2.70. The van der Waals surface area contributed by atoms with Crippen molar-refractivity contribution in [1.82, 2.24) is 9.55 Å². The van der Waals surface area contributed by atoms with Crippen molar-refractivity contribution in [3.05, 3.63) is 33.7 Å². The van der Waals surface area contributed by atoms with Gasteiger partial charge in [0, 0.05) is 19.0 Å². The Morgan fingerprint density at radius 1 is 1.30 bits per heavy atom. The van der Waals surface area contributed by atoms with Gasteiger partial charge in [-0.3, -0.25) is 0 Å². The predicted molar refractivity (Wildman–Crippen MR) is 83.2 cm³/mol. The maximum atomic E-state index is 9.10. The van der Waals surface area contributed by atoms with Crippen molar-refractivity contribution < 1.29 is 9.84 Å². The normalized spacial score (nSPS) is 10.9. The molecular weight excluding hydrogens is 320 g/mol. The zero-order valence-electron chi connectivity index (χ0n) is 12.2. The van der Waals surface area contributed by atoms with Crippen LogP contribution in [-0.2, 0) is 13.5 Å². The van der Waals surface area contributed by atoms with Crippen LogP contribution in [0.3, 0.4) is 0 Å². The number of hydrogen-bond donors (Lipinski definition) is 1. The Kier molecular flexibility index (Phi) is 4.50. The maximum absolute atomic E-state index is 9.10. The molecule has 5 heteroatoms. The quantitative estimate of drug-likeness (QED) is 0.932. The van der Waals surface area contributed by atoms with Gasteiger partial charge >= 0.3 is 0 Å². The van der Waals surface area contributed by atoms with Crippen molar-refractivity contribution in [2.24, 2.45) is 7.05 Å². The summed E-state index contributed by atoms with van der Waals surface area (Å²) in [6.07, 6.45) is 0.530. The van der Waals surface area contributed by atoms with E-state index in [2.05, 4.69) is 40.8 Å². The fraction of sp³-hybridized carbons (Fsp3) is 0.400. The first-order valence-electron chi connectivity index (χ1n) is 6.47. The first-order valence-corrected chi connectivity index (χ1v) is 7.26. The highest BCUT2D eigenvalue weighted by molar-refractivity contribution is 9.10. The molecule has 1 aromatic carbocycles. The SMILES string of the molecule is COc1cc(C)c(C)cc1-c1nc(CCO)n(C)c1Br. The molecule has 0 saturated heterocycles. The summed E-state index contributed by atoms with van der Waals surface area (Å²) < 4.78 is 8.32. The molecule has 0 fully saturated rings. The molecule has 4 nitrogen and oxygen atoms in total. The van der Waals surface area contributed by atoms with E-state index in [1.165, 1.54) is 11.1 Å². The van der Waals surface area contributed by atoms with E-state index in [1.54, 1.807) is 7.11 Å². The molecule has 0 spiro atoms. The summed E-state index contributed by atoms with van der Waals surface area (Å²) in [5.74, 6) is 1.65. The first kappa shape index (κ1) is 15.1. The van der Waals surface area contributed by atoms with Crippen molar-refractivity contribution in [2.45, 2.75) is 20.3 Å². The summed E-state index contributed by atoms with van der Waals surface area (Å²) in [6, 6.07) is 4.11. The number of aryl methyl sites for hydroxylation is 2. The lowest BCUT2D eigenvalue weighted by Gasteiger charge is -2.10. The van der Waals surface area contributed by atoms with Gasteiger partial charge in [-0.2, -0.15) is 0 Å². The number of rotatable bonds is 4. The second kappa shape index (κ2) is 5.97. The molecule has 0 amide bonds. The summed E-state index contributed by atoms with van der Waals surface area (Å²) in [6.45, 7) is 4.22. The van der Waals surface area contributed by atoms with E-state index >= 15 is 0 Å². The molecule has 0 saturated carbocycles. The van der Waals surface area contributed by atoms with E-state index in [0.717, 1.165) is 27.4 Å². The predicted octanol–water partition coefficient (Wildman–Crippen LogP) is 3.01. The van der Waals surface area contributed by atoms with E-state index in [9.17, 15) is 0 Å². The molecule has 2 rings (SSSR count). The van der Waals surface area contributed by atoms with E-state index in [4.69, 9.17) is 9.84 Å². The zero-order valence-corrected chi connectivity index (χ0v) is 13.8. The van der Waals surface area contributed by atoms with Crippen LogP contribution in [0.4, 0.5) is 0 Å². The minimum atomic E-state index is 0.0841. The fourth-order valence-corrected chi connectivity index (χ4v) is 2.67. The molecular formula is C15H19BrN2O2. The Hall–Kier alpha value is -1.33. The van der Waals surface area contributed by atoms with Gasteiger partial charge in [0.1, 0.15) is 21.9 Å². The minimum absolute atomic E-state index is 0.0841. The lowest BCUT2D eigenvalue weighted by molar-refractivity contribution is 0.295. The molecule has 1 aromatic heterocycles. The zero-order chi connectivity index (χ0) is 14.9. The van der Waals surface area contributed by atoms with E-state index < -0.39 is 0 Å². The third kappa shape index (κ3) is 2.60. The van der Waals surface area contributed by atoms with Crippen LogP contribution in [0.5, 0.6) is 5.75 Å². The number of aromatic nitrogens is 2. The van der Waals surface area contributed by atoms with Gasteiger partial charge in [0.05, 0.1) is 13.7 Å². The molecule has 1 N–H and O–H groups in total. The third-order valence-electron chi connectivity index (χ3n) is 3.52. The van der Waals surface area contributed by atoms with Gasteiger partial charge < -0.3 is 14.4 Å². The van der Waals surface area contributed by atoms with E-state index in [1.807, 2.05) is 17.7 Å². The summed E-state index contributed by atoms with van der Waals surface area (Å²) in [7, 11) is 3.60. The van der Waals surface area contributed by atoms with Crippen LogP contribution in [0, 0.1) is 13.8 Å².